The molecule has 11 nitrogen and oxygen atoms in total. The molecule has 10 atom stereocenters. The summed E-state index contributed by atoms with van der Waals surface area (Å²) >= 11 is 0. The van der Waals surface area contributed by atoms with E-state index in [-0.39, 0.29) is 31.4 Å². The van der Waals surface area contributed by atoms with Crippen LogP contribution >= 0.6 is 0 Å². The van der Waals surface area contributed by atoms with Gasteiger partial charge in [0, 0.05) is 50.4 Å². The van der Waals surface area contributed by atoms with Crippen molar-refractivity contribution >= 4 is 29.7 Å². The van der Waals surface area contributed by atoms with E-state index in [1.165, 1.54) is 19.3 Å². The van der Waals surface area contributed by atoms with Gasteiger partial charge in [-0.2, -0.15) is 0 Å². The van der Waals surface area contributed by atoms with E-state index in [0.29, 0.717) is 12.0 Å². The first-order valence-corrected chi connectivity index (χ1v) is 16.0. The highest BCUT2D eigenvalue weighted by Gasteiger charge is 2.81. The third-order valence-electron chi connectivity index (χ3n) is 10.2. The smallest absolute Gasteiger partial charge is 0.340 e. The van der Waals surface area contributed by atoms with Gasteiger partial charge in [0.25, 0.3) is 0 Å². The molecular weight excluding hydrogens is 594 g/mol. The van der Waals surface area contributed by atoms with E-state index in [0.717, 1.165) is 0 Å². The predicted molar refractivity (Wildman–Crippen MR) is 163 cm³/mol. The number of Topliss-reactive ketones (excluding diaryl/α,β-unsaturated/α-hetero) is 1. The molecule has 2 bridgehead atoms. The maximum absolute atomic E-state index is 15.2. The molecule has 0 unspecified atom stereocenters. The largest absolute Gasteiger partial charge is 0.461 e. The number of nitrogens with zero attached hydrogens (tertiary/aromatic N) is 1. The summed E-state index contributed by atoms with van der Waals surface area (Å²) in [6.07, 6.45) is 3.85. The van der Waals surface area contributed by atoms with Crippen molar-refractivity contribution in [3.8, 4) is 0 Å². The maximum Gasteiger partial charge on any atom is 0.340 e. The summed E-state index contributed by atoms with van der Waals surface area (Å²) < 4.78 is 31.3. The normalized spacial score (nSPS) is 37.3. The second-order valence-electron chi connectivity index (χ2n) is 13.3. The SMILES string of the molecule is C=C(C)[C@H]1C=C[C@@H](OC(=O)c2cccnc2)[C@]23CO[C@](C)(C(=O)[C@@]4(OC(C)=O)C[C@H](C)[C@H](OC(=O)CCC)[C@H]4[C@H]2OC(=O)CC)[C@H]13. The van der Waals surface area contributed by atoms with Gasteiger partial charge >= 0.3 is 23.9 Å². The molecule has 5 rings (SSSR count). The number of allylic oxidation sites excluding steroid dienone is 2. The standard InChI is InChI=1S/C35H43NO10/c1-8-11-26(39)44-28-20(5)16-35(46-21(6)37)27(28)30(45-25(38)9-2)34-18-42-33(7,32(35)41)29(34)23(19(3)4)13-14-24(34)43-31(40)22-12-10-15-36-17-22/h10,12-15,17,20,23-24,27-30H,3,8-9,11,16,18H2,1-2,4-7H3/t20-,23+,24+,27-,28-,29-,30+,33-,34-,35+/m0/s1. The van der Waals surface area contributed by atoms with Crippen molar-refractivity contribution < 1.29 is 47.7 Å². The van der Waals surface area contributed by atoms with Crippen LogP contribution in [0.4, 0.5) is 0 Å². The number of hydrogen-bond donors (Lipinski definition) is 0. The van der Waals surface area contributed by atoms with Gasteiger partial charge in [-0.3, -0.25) is 24.2 Å². The van der Waals surface area contributed by atoms with Crippen LogP contribution in [0.3, 0.4) is 0 Å². The highest BCUT2D eigenvalue weighted by atomic mass is 16.6. The van der Waals surface area contributed by atoms with Crippen molar-refractivity contribution in [3.05, 3.63) is 54.4 Å². The molecule has 1 aromatic rings. The van der Waals surface area contributed by atoms with Crippen LogP contribution < -0.4 is 0 Å². The Morgan fingerprint density at radius 3 is 2.43 bits per heavy atom. The Morgan fingerprint density at radius 1 is 1.09 bits per heavy atom. The van der Waals surface area contributed by atoms with E-state index in [9.17, 15) is 19.2 Å². The van der Waals surface area contributed by atoms with E-state index in [1.54, 1.807) is 32.1 Å². The van der Waals surface area contributed by atoms with Gasteiger partial charge in [0.15, 0.2) is 5.60 Å². The summed E-state index contributed by atoms with van der Waals surface area (Å²) in [5.41, 5.74) is -3.94. The Kier molecular flexibility index (Phi) is 9.02. The minimum atomic E-state index is -1.88. The molecule has 3 aliphatic carbocycles. The lowest BCUT2D eigenvalue weighted by atomic mass is 9.55. The van der Waals surface area contributed by atoms with Gasteiger partial charge in [-0.05, 0) is 44.4 Å². The summed E-state index contributed by atoms with van der Waals surface area (Å²) in [7, 11) is 0. The fraction of sp³-hybridized carbons (Fsp3) is 0.600. The summed E-state index contributed by atoms with van der Waals surface area (Å²) in [5, 5.41) is 0. The molecule has 2 heterocycles. The Labute approximate surface area is 269 Å². The molecule has 0 aromatic carbocycles. The number of aromatic nitrogens is 1. The van der Waals surface area contributed by atoms with Crippen molar-refractivity contribution in [2.45, 2.75) is 96.7 Å². The first kappa shape index (κ1) is 33.5. The summed E-state index contributed by atoms with van der Waals surface area (Å²) in [6, 6.07) is 3.18. The second-order valence-corrected chi connectivity index (χ2v) is 13.3. The van der Waals surface area contributed by atoms with E-state index in [1.807, 2.05) is 26.8 Å². The molecule has 46 heavy (non-hydrogen) atoms. The van der Waals surface area contributed by atoms with Crippen LogP contribution in [-0.4, -0.2) is 70.8 Å². The lowest BCUT2D eigenvalue weighted by Crippen LogP contribution is -2.62. The molecule has 0 N–H and O–H groups in total. The number of rotatable bonds is 9. The van der Waals surface area contributed by atoms with Crippen molar-refractivity contribution in [3.63, 3.8) is 0 Å². The van der Waals surface area contributed by atoms with Gasteiger partial charge in [-0.25, -0.2) is 4.79 Å². The molecule has 248 valence electrons. The number of carbonyl (C=O) groups is 5. The first-order chi connectivity index (χ1) is 21.8. The molecular formula is C35H43NO10. The van der Waals surface area contributed by atoms with Crippen LogP contribution in [0.1, 0.15) is 77.6 Å². The van der Waals surface area contributed by atoms with E-state index in [4.69, 9.17) is 23.7 Å². The maximum atomic E-state index is 15.2. The van der Waals surface area contributed by atoms with Crippen LogP contribution in [0.15, 0.2) is 48.8 Å². The fourth-order valence-electron chi connectivity index (χ4n) is 8.50. The molecule has 3 fully saturated rings. The highest BCUT2D eigenvalue weighted by molar-refractivity contribution is 5.98. The quantitative estimate of drug-likeness (QED) is 0.217. The van der Waals surface area contributed by atoms with Gasteiger partial charge in [-0.15, -0.1) is 0 Å². The average Bonchev–Trinajstić information content (AvgIpc) is 3.46. The molecule has 4 aliphatic rings. The van der Waals surface area contributed by atoms with Crippen LogP contribution in [0, 0.1) is 29.1 Å². The Bertz CT molecular complexity index is 1460. The van der Waals surface area contributed by atoms with Crippen LogP contribution in [0.25, 0.3) is 0 Å². The number of fused-ring (bicyclic) bond motifs is 1. The van der Waals surface area contributed by atoms with Crippen LogP contribution in [-0.2, 0) is 42.9 Å². The highest BCUT2D eigenvalue weighted by Crippen LogP contribution is 2.67. The molecule has 0 amide bonds. The summed E-state index contributed by atoms with van der Waals surface area (Å²) in [6.45, 7) is 14.1. The summed E-state index contributed by atoms with van der Waals surface area (Å²) in [5.74, 6) is -5.82. The number of hydrogen-bond acceptors (Lipinski definition) is 11. The molecule has 11 heteroatoms. The minimum absolute atomic E-state index is 0.00732. The van der Waals surface area contributed by atoms with Crippen molar-refractivity contribution in [1.29, 1.82) is 0 Å². The Morgan fingerprint density at radius 2 is 1.83 bits per heavy atom. The zero-order valence-electron chi connectivity index (χ0n) is 27.3. The van der Waals surface area contributed by atoms with Gasteiger partial charge < -0.3 is 23.7 Å². The molecule has 2 saturated carbocycles. The lowest BCUT2D eigenvalue weighted by Gasteiger charge is -2.51. The third kappa shape index (κ3) is 5.16. The molecule has 1 aliphatic heterocycles. The first-order valence-electron chi connectivity index (χ1n) is 16.0. The fourth-order valence-corrected chi connectivity index (χ4v) is 8.50. The minimum Gasteiger partial charge on any atom is -0.461 e. The van der Waals surface area contributed by atoms with E-state index < -0.39 is 88.3 Å². The van der Waals surface area contributed by atoms with Crippen molar-refractivity contribution in [2.75, 3.05) is 6.61 Å². The third-order valence-corrected chi connectivity index (χ3v) is 10.2. The molecule has 1 aromatic heterocycles. The lowest BCUT2D eigenvalue weighted by molar-refractivity contribution is -0.210. The van der Waals surface area contributed by atoms with Gasteiger partial charge in [-0.1, -0.05) is 39.0 Å². The average molecular weight is 638 g/mol. The Hall–Kier alpha value is -3.86. The number of ether oxygens (including phenoxy) is 5. The molecule has 0 spiro atoms. The zero-order valence-corrected chi connectivity index (χ0v) is 27.3. The van der Waals surface area contributed by atoms with E-state index in [2.05, 4.69) is 11.6 Å². The van der Waals surface area contributed by atoms with Gasteiger partial charge in [0.1, 0.15) is 23.9 Å². The number of ketones is 1. The molecule has 0 radical (unpaired) electrons. The van der Waals surface area contributed by atoms with Crippen molar-refractivity contribution in [2.24, 2.45) is 29.1 Å². The number of carbonyl (C=O) groups excluding carboxylic acids is 5. The van der Waals surface area contributed by atoms with Crippen LogP contribution in [0.2, 0.25) is 0 Å². The predicted octanol–water partition coefficient (Wildman–Crippen LogP) is 4.33. The number of pyridine rings is 1. The van der Waals surface area contributed by atoms with E-state index >= 15 is 4.79 Å². The van der Waals surface area contributed by atoms with Crippen molar-refractivity contribution in [1.82, 2.24) is 4.98 Å². The zero-order chi connectivity index (χ0) is 33.6. The second kappa shape index (κ2) is 12.4. The molecule has 1 saturated heterocycles. The Balaban J connectivity index is 1.79. The summed E-state index contributed by atoms with van der Waals surface area (Å²) in [4.78, 5) is 72.1. The topological polar surface area (TPSA) is 144 Å². The number of esters is 4. The van der Waals surface area contributed by atoms with Gasteiger partial charge in [0.05, 0.1) is 23.5 Å². The van der Waals surface area contributed by atoms with Crippen LogP contribution in [0.5, 0.6) is 0 Å². The van der Waals surface area contributed by atoms with Gasteiger partial charge in [0.2, 0.25) is 5.78 Å². The monoisotopic (exact) mass is 637 g/mol.